The van der Waals surface area contributed by atoms with E-state index >= 15 is 0 Å². The standard InChI is InChI=1S/C20H18NOS.BrH/c1-13-14(2)23-12-21(13)11-20(22)16-7-8-19-17(10-16)9-15-5-3-4-6-18(15)19;/h3-8,10,12H,9,11H2,1-2H3;1H/q+1;/p-1. The smallest absolute Gasteiger partial charge is 0.227 e. The molecule has 0 N–H and O–H groups in total. The summed E-state index contributed by atoms with van der Waals surface area (Å²) in [6.07, 6.45) is 0.927. The Balaban J connectivity index is 0.00000169. The average Bonchev–Trinajstić information content (AvgIpc) is 3.09. The minimum absolute atomic E-state index is 0. The van der Waals surface area contributed by atoms with Gasteiger partial charge in [-0.05, 0) is 41.7 Å². The van der Waals surface area contributed by atoms with Crippen LogP contribution in [0.5, 0.6) is 0 Å². The first-order chi connectivity index (χ1) is 11.1. The molecule has 0 amide bonds. The Morgan fingerprint density at radius 3 is 2.58 bits per heavy atom. The molecule has 0 saturated carbocycles. The molecule has 122 valence electrons. The normalized spacial score (nSPS) is 11.6. The molecular weight excluding hydrogens is 382 g/mol. The van der Waals surface area contributed by atoms with Crippen molar-refractivity contribution in [2.45, 2.75) is 26.8 Å². The van der Waals surface area contributed by atoms with Crippen LogP contribution >= 0.6 is 11.3 Å². The van der Waals surface area contributed by atoms with Gasteiger partial charge >= 0.3 is 0 Å². The van der Waals surface area contributed by atoms with E-state index in [0.717, 1.165) is 12.0 Å². The van der Waals surface area contributed by atoms with E-state index in [-0.39, 0.29) is 22.8 Å². The molecule has 4 heteroatoms. The third-order valence-corrected chi connectivity index (χ3v) is 5.74. The summed E-state index contributed by atoms with van der Waals surface area (Å²) in [4.78, 5) is 13.9. The monoisotopic (exact) mass is 399 g/mol. The molecule has 0 aliphatic heterocycles. The fraction of sp³-hybridized carbons (Fsp3) is 0.200. The highest BCUT2D eigenvalue weighted by Gasteiger charge is 2.22. The first-order valence-corrected chi connectivity index (χ1v) is 8.70. The molecule has 0 unspecified atom stereocenters. The number of rotatable bonds is 3. The molecule has 0 bridgehead atoms. The summed E-state index contributed by atoms with van der Waals surface area (Å²) in [6, 6.07) is 14.6. The maximum absolute atomic E-state index is 12.6. The Morgan fingerprint density at radius 2 is 1.83 bits per heavy atom. The summed E-state index contributed by atoms with van der Waals surface area (Å²) in [5, 5.41) is 0. The van der Waals surface area contributed by atoms with Gasteiger partial charge in [-0.3, -0.25) is 4.79 Å². The van der Waals surface area contributed by atoms with E-state index in [4.69, 9.17) is 0 Å². The molecule has 0 atom stereocenters. The van der Waals surface area contributed by atoms with E-state index in [1.54, 1.807) is 11.3 Å². The van der Waals surface area contributed by atoms with Crippen LogP contribution in [-0.4, -0.2) is 5.78 Å². The maximum atomic E-state index is 12.6. The second-order valence-electron chi connectivity index (χ2n) is 6.12. The Bertz CT molecular complexity index is 929. The van der Waals surface area contributed by atoms with Crippen LogP contribution in [0.25, 0.3) is 11.1 Å². The lowest BCUT2D eigenvalue weighted by Gasteiger charge is -2.03. The van der Waals surface area contributed by atoms with Gasteiger partial charge in [-0.25, -0.2) is 0 Å². The summed E-state index contributed by atoms with van der Waals surface area (Å²) >= 11 is 1.69. The highest BCUT2D eigenvalue weighted by atomic mass is 79.9. The Hall–Kier alpha value is -1.78. The molecule has 24 heavy (non-hydrogen) atoms. The maximum Gasteiger partial charge on any atom is 0.227 e. The summed E-state index contributed by atoms with van der Waals surface area (Å²) in [7, 11) is 0. The van der Waals surface area contributed by atoms with Crippen molar-refractivity contribution in [3.05, 3.63) is 75.2 Å². The summed E-state index contributed by atoms with van der Waals surface area (Å²) < 4.78 is 2.05. The number of hydrogen-bond acceptors (Lipinski definition) is 2. The molecule has 2 nitrogen and oxygen atoms in total. The van der Waals surface area contributed by atoms with Crippen molar-refractivity contribution in [1.29, 1.82) is 0 Å². The van der Waals surface area contributed by atoms with Gasteiger partial charge in [0.15, 0.2) is 5.69 Å². The summed E-state index contributed by atoms with van der Waals surface area (Å²) in [5.74, 6) is 0.176. The fourth-order valence-corrected chi connectivity index (χ4v) is 4.04. The lowest BCUT2D eigenvalue weighted by molar-refractivity contribution is -0.684. The Morgan fingerprint density at radius 1 is 1.08 bits per heavy atom. The van der Waals surface area contributed by atoms with Gasteiger partial charge in [-0.15, -0.1) is 0 Å². The van der Waals surface area contributed by atoms with Crippen LogP contribution in [0.4, 0.5) is 0 Å². The predicted molar refractivity (Wildman–Crippen MR) is 93.0 cm³/mol. The summed E-state index contributed by atoms with van der Waals surface area (Å²) in [6.45, 7) is 4.58. The SMILES string of the molecule is Cc1sc[n+](CC(=O)c2ccc3c(c2)Cc2ccccc2-3)c1C.[Br-]. The third-order valence-electron chi connectivity index (χ3n) is 4.73. The van der Waals surface area contributed by atoms with E-state index < -0.39 is 0 Å². The number of Topliss-reactive ketones (excluding diaryl/α,β-unsaturated/α-hetero) is 1. The van der Waals surface area contributed by atoms with E-state index in [0.29, 0.717) is 6.54 Å². The van der Waals surface area contributed by atoms with Crippen molar-refractivity contribution in [3.8, 4) is 11.1 Å². The van der Waals surface area contributed by atoms with Gasteiger partial charge in [0.2, 0.25) is 17.8 Å². The number of nitrogens with zero attached hydrogens (tertiary/aromatic N) is 1. The number of fused-ring (bicyclic) bond motifs is 3. The Labute approximate surface area is 156 Å². The molecule has 1 aromatic heterocycles. The van der Waals surface area contributed by atoms with Gasteiger partial charge in [0.1, 0.15) is 0 Å². The third kappa shape index (κ3) is 2.85. The number of aryl methyl sites for hydroxylation is 1. The lowest BCUT2D eigenvalue weighted by atomic mass is 10.0. The van der Waals surface area contributed by atoms with Gasteiger partial charge in [0, 0.05) is 12.5 Å². The van der Waals surface area contributed by atoms with Gasteiger partial charge in [-0.1, -0.05) is 47.7 Å². The molecule has 0 fully saturated rings. The predicted octanol–water partition coefficient (Wildman–Crippen LogP) is 1.11. The zero-order valence-electron chi connectivity index (χ0n) is 13.7. The van der Waals surface area contributed by atoms with Crippen molar-refractivity contribution in [2.75, 3.05) is 0 Å². The minimum Gasteiger partial charge on any atom is -1.00 e. The van der Waals surface area contributed by atoms with Crippen LogP contribution in [0.1, 0.15) is 32.1 Å². The van der Waals surface area contributed by atoms with Crippen LogP contribution in [-0.2, 0) is 13.0 Å². The molecule has 0 spiro atoms. The van der Waals surface area contributed by atoms with Gasteiger partial charge in [0.25, 0.3) is 0 Å². The first-order valence-electron chi connectivity index (χ1n) is 7.82. The fourth-order valence-electron chi connectivity index (χ4n) is 3.23. The zero-order chi connectivity index (χ0) is 16.0. The average molecular weight is 400 g/mol. The van der Waals surface area contributed by atoms with Crippen LogP contribution < -0.4 is 21.5 Å². The molecule has 3 aromatic rings. The second kappa shape index (κ2) is 6.61. The Kier molecular flexibility index (Phi) is 4.70. The summed E-state index contributed by atoms with van der Waals surface area (Å²) in [5.41, 5.74) is 9.22. The number of hydrogen-bond donors (Lipinski definition) is 0. The number of aromatic nitrogens is 1. The highest BCUT2D eigenvalue weighted by Crippen LogP contribution is 2.36. The molecule has 1 aliphatic carbocycles. The largest absolute Gasteiger partial charge is 1.00 e. The molecule has 1 aliphatic rings. The molecule has 4 rings (SSSR count). The van der Waals surface area contributed by atoms with E-state index in [2.05, 4.69) is 50.2 Å². The van der Waals surface area contributed by atoms with Crippen molar-refractivity contribution >= 4 is 17.1 Å². The molecular formula is C20H18BrNOS. The van der Waals surface area contributed by atoms with E-state index in [1.165, 1.54) is 32.8 Å². The van der Waals surface area contributed by atoms with Gasteiger partial charge in [0.05, 0.1) is 4.88 Å². The van der Waals surface area contributed by atoms with E-state index in [9.17, 15) is 4.79 Å². The number of carbonyl (C=O) groups excluding carboxylic acids is 1. The van der Waals surface area contributed by atoms with Crippen molar-refractivity contribution in [2.24, 2.45) is 0 Å². The highest BCUT2D eigenvalue weighted by molar-refractivity contribution is 7.09. The van der Waals surface area contributed by atoms with Crippen LogP contribution in [0, 0.1) is 13.8 Å². The van der Waals surface area contributed by atoms with Crippen LogP contribution in [0.2, 0.25) is 0 Å². The molecule has 0 saturated heterocycles. The zero-order valence-corrected chi connectivity index (χ0v) is 16.1. The van der Waals surface area contributed by atoms with E-state index in [1.807, 2.05) is 16.1 Å². The van der Waals surface area contributed by atoms with Crippen molar-refractivity contribution < 1.29 is 26.3 Å². The molecule has 0 radical (unpaired) electrons. The van der Waals surface area contributed by atoms with Crippen molar-refractivity contribution in [3.63, 3.8) is 0 Å². The lowest BCUT2D eigenvalue weighted by Crippen LogP contribution is -3.00. The number of thiazole rings is 1. The number of carbonyl (C=O) groups is 1. The number of ketones is 1. The van der Waals surface area contributed by atoms with Crippen molar-refractivity contribution in [1.82, 2.24) is 0 Å². The quantitative estimate of drug-likeness (QED) is 0.373. The van der Waals surface area contributed by atoms with Crippen LogP contribution in [0.3, 0.4) is 0 Å². The second-order valence-corrected chi connectivity index (χ2v) is 7.18. The van der Waals surface area contributed by atoms with Crippen LogP contribution in [0.15, 0.2) is 48.0 Å². The van der Waals surface area contributed by atoms with Gasteiger partial charge in [-0.2, -0.15) is 4.57 Å². The topological polar surface area (TPSA) is 20.9 Å². The first kappa shape index (κ1) is 17.1. The number of benzene rings is 2. The molecule has 2 aromatic carbocycles. The minimum atomic E-state index is 0. The molecule has 1 heterocycles. The number of halogens is 1. The van der Waals surface area contributed by atoms with Gasteiger partial charge < -0.3 is 17.0 Å².